The average molecular weight is 467 g/mol. The van der Waals surface area contributed by atoms with Crippen LogP contribution < -0.4 is 9.62 Å². The summed E-state index contributed by atoms with van der Waals surface area (Å²) < 4.78 is 32.2. The van der Waals surface area contributed by atoms with Gasteiger partial charge in [-0.1, -0.05) is 36.4 Å². The highest BCUT2D eigenvalue weighted by Crippen LogP contribution is 2.23. The van der Waals surface area contributed by atoms with Gasteiger partial charge in [0, 0.05) is 12.7 Å². The van der Waals surface area contributed by atoms with Gasteiger partial charge in [0.1, 0.15) is 0 Å². The van der Waals surface area contributed by atoms with Crippen LogP contribution in [0.3, 0.4) is 0 Å². The van der Waals surface area contributed by atoms with Crippen molar-refractivity contribution in [1.29, 1.82) is 0 Å². The van der Waals surface area contributed by atoms with E-state index in [-0.39, 0.29) is 10.5 Å². The first-order chi connectivity index (χ1) is 15.6. The van der Waals surface area contributed by atoms with Crippen LogP contribution in [0.4, 0.5) is 11.4 Å². The zero-order valence-electron chi connectivity index (χ0n) is 18.9. The molecule has 1 N–H and O–H groups in total. The molecule has 0 aromatic heterocycles. The number of para-hydroxylation sites is 2. The Kier molecular flexibility index (Phi) is 7.18. The van der Waals surface area contributed by atoms with Gasteiger partial charge in [0.15, 0.2) is 6.10 Å². The molecule has 33 heavy (non-hydrogen) atoms. The van der Waals surface area contributed by atoms with Crippen LogP contribution >= 0.6 is 0 Å². The van der Waals surface area contributed by atoms with Crippen LogP contribution in [0.1, 0.15) is 28.4 Å². The van der Waals surface area contributed by atoms with Gasteiger partial charge in [0.25, 0.3) is 15.9 Å². The minimum absolute atomic E-state index is 0.0335. The van der Waals surface area contributed by atoms with Crippen LogP contribution in [0, 0.1) is 13.8 Å². The van der Waals surface area contributed by atoms with E-state index in [1.54, 1.807) is 30.3 Å². The van der Waals surface area contributed by atoms with Gasteiger partial charge in [-0.3, -0.25) is 9.10 Å². The van der Waals surface area contributed by atoms with Crippen molar-refractivity contribution < 1.29 is 22.7 Å². The third-order valence-electron chi connectivity index (χ3n) is 5.25. The van der Waals surface area contributed by atoms with Crippen molar-refractivity contribution in [2.45, 2.75) is 31.8 Å². The number of rotatable bonds is 7. The van der Waals surface area contributed by atoms with E-state index in [2.05, 4.69) is 5.32 Å². The molecule has 1 unspecified atom stereocenters. The van der Waals surface area contributed by atoms with Gasteiger partial charge in [-0.05, 0) is 68.3 Å². The summed E-state index contributed by atoms with van der Waals surface area (Å²) in [5, 5.41) is 2.79. The molecule has 3 aromatic carbocycles. The number of esters is 1. The Bertz CT molecular complexity index is 1240. The molecule has 3 rings (SSSR count). The minimum atomic E-state index is -3.80. The molecule has 0 saturated heterocycles. The number of nitrogens with zero attached hydrogens (tertiary/aromatic N) is 1. The maximum absolute atomic E-state index is 12.9. The maximum Gasteiger partial charge on any atom is 0.338 e. The molecule has 0 saturated carbocycles. The quantitative estimate of drug-likeness (QED) is 0.524. The molecule has 0 bridgehead atoms. The number of aryl methyl sites for hydroxylation is 2. The number of ether oxygens (including phenoxy) is 1. The first kappa shape index (κ1) is 24.0. The van der Waals surface area contributed by atoms with E-state index in [0.717, 1.165) is 11.1 Å². The number of hydrogen-bond acceptors (Lipinski definition) is 5. The number of carbonyl (C=O) groups is 2. The van der Waals surface area contributed by atoms with E-state index >= 15 is 0 Å². The Morgan fingerprint density at radius 2 is 1.45 bits per heavy atom. The van der Waals surface area contributed by atoms with E-state index in [0.29, 0.717) is 11.4 Å². The van der Waals surface area contributed by atoms with Crippen molar-refractivity contribution >= 4 is 33.3 Å². The molecule has 3 aromatic rings. The fourth-order valence-electron chi connectivity index (χ4n) is 3.22. The molecule has 8 heteroatoms. The third kappa shape index (κ3) is 5.40. The molecule has 0 heterocycles. The van der Waals surface area contributed by atoms with Crippen LogP contribution in [-0.4, -0.2) is 33.4 Å². The number of hydrogen-bond donors (Lipinski definition) is 1. The summed E-state index contributed by atoms with van der Waals surface area (Å²) in [6, 6.07) is 19.7. The Morgan fingerprint density at radius 1 is 0.879 bits per heavy atom. The highest BCUT2D eigenvalue weighted by Gasteiger charge is 2.23. The van der Waals surface area contributed by atoms with Crippen molar-refractivity contribution in [2.75, 3.05) is 16.7 Å². The molecule has 0 radical (unpaired) electrons. The SMILES string of the molecule is Cc1cccc(C)c1NC(=O)C(C)OC(=O)c1ccc(S(=O)(=O)N(C)c2ccccc2)cc1. The summed E-state index contributed by atoms with van der Waals surface area (Å²) in [7, 11) is -2.34. The fraction of sp³-hybridized carbons (Fsp3) is 0.200. The van der Waals surface area contributed by atoms with Crippen LogP contribution in [0.15, 0.2) is 77.7 Å². The van der Waals surface area contributed by atoms with Crippen LogP contribution in [0.2, 0.25) is 0 Å². The molecule has 1 amide bonds. The lowest BCUT2D eigenvalue weighted by atomic mass is 10.1. The van der Waals surface area contributed by atoms with Crippen molar-refractivity contribution in [3.05, 3.63) is 89.5 Å². The number of benzene rings is 3. The van der Waals surface area contributed by atoms with Gasteiger partial charge < -0.3 is 10.1 Å². The van der Waals surface area contributed by atoms with Crippen molar-refractivity contribution in [3.63, 3.8) is 0 Å². The highest BCUT2D eigenvalue weighted by atomic mass is 32.2. The second-order valence-corrected chi connectivity index (χ2v) is 9.61. The topological polar surface area (TPSA) is 92.8 Å². The van der Waals surface area contributed by atoms with Crippen LogP contribution in [-0.2, 0) is 19.6 Å². The average Bonchev–Trinajstić information content (AvgIpc) is 2.81. The molecule has 0 aliphatic heterocycles. The summed E-state index contributed by atoms with van der Waals surface area (Å²) in [6.45, 7) is 5.24. The van der Waals surface area contributed by atoms with E-state index in [1.165, 1.54) is 42.5 Å². The molecule has 0 fully saturated rings. The highest BCUT2D eigenvalue weighted by molar-refractivity contribution is 7.92. The Labute approximate surface area is 194 Å². The fourth-order valence-corrected chi connectivity index (χ4v) is 4.41. The normalized spacial score (nSPS) is 12.0. The lowest BCUT2D eigenvalue weighted by molar-refractivity contribution is -0.123. The van der Waals surface area contributed by atoms with Crippen LogP contribution in [0.25, 0.3) is 0 Å². The van der Waals surface area contributed by atoms with E-state index < -0.39 is 28.0 Å². The number of carbonyl (C=O) groups excluding carboxylic acids is 2. The molecule has 0 aliphatic rings. The van der Waals surface area contributed by atoms with Crippen molar-refractivity contribution in [2.24, 2.45) is 0 Å². The predicted octanol–water partition coefficient (Wildman–Crippen LogP) is 4.31. The number of nitrogens with one attached hydrogen (secondary N) is 1. The molecule has 172 valence electrons. The molecular weight excluding hydrogens is 440 g/mol. The van der Waals surface area contributed by atoms with E-state index in [1.807, 2.05) is 32.0 Å². The summed E-state index contributed by atoms with van der Waals surface area (Å²) >= 11 is 0. The van der Waals surface area contributed by atoms with Crippen LogP contribution in [0.5, 0.6) is 0 Å². The molecule has 0 spiro atoms. The lowest BCUT2D eigenvalue weighted by Gasteiger charge is -2.19. The lowest BCUT2D eigenvalue weighted by Crippen LogP contribution is -2.30. The van der Waals surface area contributed by atoms with E-state index in [9.17, 15) is 18.0 Å². The smallest absolute Gasteiger partial charge is 0.338 e. The first-order valence-corrected chi connectivity index (χ1v) is 11.8. The molecular formula is C25H26N2O5S. The first-order valence-electron chi connectivity index (χ1n) is 10.3. The van der Waals surface area contributed by atoms with E-state index in [4.69, 9.17) is 4.74 Å². The second kappa shape index (κ2) is 9.87. The zero-order valence-corrected chi connectivity index (χ0v) is 19.7. The minimum Gasteiger partial charge on any atom is -0.449 e. The zero-order chi connectivity index (χ0) is 24.2. The molecule has 7 nitrogen and oxygen atoms in total. The predicted molar refractivity (Wildman–Crippen MR) is 128 cm³/mol. The Morgan fingerprint density at radius 3 is 2.03 bits per heavy atom. The maximum atomic E-state index is 12.9. The van der Waals surface area contributed by atoms with Gasteiger partial charge in [-0.25, -0.2) is 13.2 Å². The monoisotopic (exact) mass is 466 g/mol. The van der Waals surface area contributed by atoms with Gasteiger partial charge in [0.2, 0.25) is 0 Å². The van der Waals surface area contributed by atoms with Gasteiger partial charge in [0.05, 0.1) is 16.1 Å². The summed E-state index contributed by atoms with van der Waals surface area (Å²) in [6.07, 6.45) is -1.04. The number of anilines is 2. The molecule has 0 aliphatic carbocycles. The van der Waals surface area contributed by atoms with Gasteiger partial charge in [-0.2, -0.15) is 0 Å². The molecule has 1 atom stereocenters. The third-order valence-corrected chi connectivity index (χ3v) is 7.05. The Balaban J connectivity index is 1.68. The summed E-state index contributed by atoms with van der Waals surface area (Å²) in [4.78, 5) is 25.0. The van der Waals surface area contributed by atoms with Gasteiger partial charge in [-0.15, -0.1) is 0 Å². The Hall–Kier alpha value is -3.65. The summed E-state index contributed by atoms with van der Waals surface area (Å²) in [5.74, 6) is -1.18. The van der Waals surface area contributed by atoms with Gasteiger partial charge >= 0.3 is 5.97 Å². The largest absolute Gasteiger partial charge is 0.449 e. The van der Waals surface area contributed by atoms with Crippen molar-refractivity contribution in [1.82, 2.24) is 0 Å². The summed E-state index contributed by atoms with van der Waals surface area (Å²) in [5.41, 5.74) is 3.15. The number of amides is 1. The standard InChI is InChI=1S/C25H26N2O5S/c1-17-9-8-10-18(2)23(17)26-24(28)19(3)32-25(29)20-13-15-22(16-14-20)33(30,31)27(4)21-11-6-5-7-12-21/h5-16,19H,1-4H3,(H,26,28). The second-order valence-electron chi connectivity index (χ2n) is 7.64. The van der Waals surface area contributed by atoms with Crippen molar-refractivity contribution in [3.8, 4) is 0 Å². The number of sulfonamides is 1.